The van der Waals surface area contributed by atoms with Gasteiger partial charge in [-0.25, -0.2) is 0 Å². The van der Waals surface area contributed by atoms with E-state index in [0.29, 0.717) is 17.9 Å². The predicted octanol–water partition coefficient (Wildman–Crippen LogP) is 4.66. The summed E-state index contributed by atoms with van der Waals surface area (Å²) in [5.74, 6) is 1.09. The van der Waals surface area contributed by atoms with Crippen LogP contribution in [0.2, 0.25) is 5.02 Å². The van der Waals surface area contributed by atoms with Gasteiger partial charge in [-0.15, -0.1) is 0 Å². The highest BCUT2D eigenvalue weighted by molar-refractivity contribution is 6.30. The second-order valence-electron chi connectivity index (χ2n) is 5.75. The Morgan fingerprint density at radius 2 is 1.95 bits per heavy atom. The van der Waals surface area contributed by atoms with E-state index in [4.69, 9.17) is 23.2 Å². The van der Waals surface area contributed by atoms with Gasteiger partial charge in [0.05, 0.1) is 0 Å². The molecule has 0 unspecified atom stereocenters. The Balaban J connectivity index is 1.93. The fraction of sp³-hybridized carbons (Fsp3) is 0.500. The molecule has 2 aliphatic rings. The lowest BCUT2D eigenvalue weighted by Gasteiger charge is -2.42. The Kier molecular flexibility index (Phi) is 3.88. The van der Waals surface area contributed by atoms with Crippen LogP contribution in [0.15, 0.2) is 35.9 Å². The first-order chi connectivity index (χ1) is 9.20. The highest BCUT2D eigenvalue weighted by atomic mass is 35.5. The van der Waals surface area contributed by atoms with E-state index in [1.807, 2.05) is 12.1 Å². The summed E-state index contributed by atoms with van der Waals surface area (Å²) in [6.07, 6.45) is 6.01. The monoisotopic (exact) mass is 295 g/mol. The van der Waals surface area contributed by atoms with Gasteiger partial charge in [-0.05, 0) is 49.9 Å². The number of halogens is 2. The molecule has 1 nitrogen and oxygen atoms in total. The van der Waals surface area contributed by atoms with Crippen molar-refractivity contribution in [1.29, 1.82) is 0 Å². The molecule has 0 aromatic heterocycles. The molecule has 3 heteroatoms. The van der Waals surface area contributed by atoms with Crippen molar-refractivity contribution in [2.45, 2.75) is 37.3 Å². The van der Waals surface area contributed by atoms with Crippen LogP contribution in [0.25, 0.3) is 0 Å². The Morgan fingerprint density at radius 3 is 2.63 bits per heavy atom. The molecular formula is C16H19Cl2N. The smallest absolute Gasteiger partial charge is 0.0406 e. The highest BCUT2D eigenvalue weighted by Crippen LogP contribution is 2.46. The van der Waals surface area contributed by atoms with E-state index in [1.165, 1.54) is 24.8 Å². The maximum Gasteiger partial charge on any atom is 0.0406 e. The van der Waals surface area contributed by atoms with E-state index in [0.717, 1.165) is 11.1 Å². The molecule has 102 valence electrons. The first-order valence-electron chi connectivity index (χ1n) is 6.95. The molecule has 0 amide bonds. The van der Waals surface area contributed by atoms with Gasteiger partial charge in [0.15, 0.2) is 0 Å². The van der Waals surface area contributed by atoms with E-state index < -0.39 is 0 Å². The molecule has 19 heavy (non-hydrogen) atoms. The Labute approximate surface area is 125 Å². The van der Waals surface area contributed by atoms with Crippen LogP contribution in [-0.4, -0.2) is 24.0 Å². The van der Waals surface area contributed by atoms with Crippen molar-refractivity contribution < 1.29 is 0 Å². The molecule has 0 N–H and O–H groups in total. The van der Waals surface area contributed by atoms with Gasteiger partial charge in [0.1, 0.15) is 0 Å². The molecule has 2 fully saturated rings. The van der Waals surface area contributed by atoms with E-state index >= 15 is 0 Å². The zero-order valence-corrected chi connectivity index (χ0v) is 12.6. The SMILES string of the molecule is CN1[C@H]2CC[C@@H]1[C@@H](/C=C\Cl)[C@@H](c1ccc(Cl)cc1)C2. The van der Waals surface area contributed by atoms with Gasteiger partial charge in [-0.2, -0.15) is 0 Å². The first kappa shape index (κ1) is 13.5. The quantitative estimate of drug-likeness (QED) is 0.767. The fourth-order valence-electron chi connectivity index (χ4n) is 3.92. The van der Waals surface area contributed by atoms with Gasteiger partial charge < -0.3 is 0 Å². The lowest BCUT2D eigenvalue weighted by molar-refractivity contribution is 0.124. The van der Waals surface area contributed by atoms with E-state index in [9.17, 15) is 0 Å². The molecule has 2 aliphatic heterocycles. The van der Waals surface area contributed by atoms with Crippen LogP contribution < -0.4 is 0 Å². The molecule has 0 saturated carbocycles. The van der Waals surface area contributed by atoms with E-state index in [-0.39, 0.29) is 0 Å². The number of piperidine rings is 1. The summed E-state index contributed by atoms with van der Waals surface area (Å²) in [7, 11) is 2.26. The third-order valence-electron chi connectivity index (χ3n) is 4.92. The number of fused-ring (bicyclic) bond motifs is 2. The molecule has 0 aliphatic carbocycles. The van der Waals surface area contributed by atoms with Gasteiger partial charge in [0, 0.05) is 28.6 Å². The summed E-state index contributed by atoms with van der Waals surface area (Å²) in [5.41, 5.74) is 3.09. The molecular weight excluding hydrogens is 277 g/mol. The summed E-state index contributed by atoms with van der Waals surface area (Å²) in [6, 6.07) is 9.71. The average Bonchev–Trinajstić information content (AvgIpc) is 2.65. The van der Waals surface area contributed by atoms with E-state index in [1.54, 1.807) is 5.54 Å². The van der Waals surface area contributed by atoms with Crippen molar-refractivity contribution in [3.63, 3.8) is 0 Å². The minimum Gasteiger partial charge on any atom is -0.300 e. The minimum atomic E-state index is 0.516. The van der Waals surface area contributed by atoms with Crippen molar-refractivity contribution >= 4 is 23.2 Å². The zero-order chi connectivity index (χ0) is 13.4. The number of rotatable bonds is 2. The van der Waals surface area contributed by atoms with Crippen LogP contribution in [0.5, 0.6) is 0 Å². The summed E-state index contributed by atoms with van der Waals surface area (Å²) in [5, 5.41) is 0.809. The number of hydrogen-bond donors (Lipinski definition) is 0. The number of benzene rings is 1. The van der Waals surface area contributed by atoms with Crippen LogP contribution >= 0.6 is 23.2 Å². The molecule has 3 rings (SSSR count). The van der Waals surface area contributed by atoms with Crippen LogP contribution in [0.4, 0.5) is 0 Å². The van der Waals surface area contributed by atoms with Gasteiger partial charge in [-0.1, -0.05) is 41.4 Å². The van der Waals surface area contributed by atoms with Crippen LogP contribution in [0.1, 0.15) is 30.7 Å². The second kappa shape index (κ2) is 5.47. The number of hydrogen-bond acceptors (Lipinski definition) is 1. The summed E-state index contributed by atoms with van der Waals surface area (Å²) >= 11 is 11.9. The van der Waals surface area contributed by atoms with Crippen molar-refractivity contribution in [1.82, 2.24) is 4.90 Å². The molecule has 4 atom stereocenters. The van der Waals surface area contributed by atoms with Crippen molar-refractivity contribution in [2.75, 3.05) is 7.05 Å². The topological polar surface area (TPSA) is 3.24 Å². The largest absolute Gasteiger partial charge is 0.300 e. The first-order valence-corrected chi connectivity index (χ1v) is 7.76. The summed E-state index contributed by atoms with van der Waals surface area (Å²) in [6.45, 7) is 0. The van der Waals surface area contributed by atoms with Crippen LogP contribution in [0, 0.1) is 5.92 Å². The van der Waals surface area contributed by atoms with Gasteiger partial charge in [-0.3, -0.25) is 4.90 Å². The molecule has 1 aromatic rings. The van der Waals surface area contributed by atoms with Crippen LogP contribution in [-0.2, 0) is 0 Å². The number of nitrogens with zero attached hydrogens (tertiary/aromatic N) is 1. The Bertz CT molecular complexity index is 468. The normalized spacial score (nSPS) is 35.1. The fourth-order valence-corrected chi connectivity index (χ4v) is 4.22. The lowest BCUT2D eigenvalue weighted by atomic mass is 9.76. The maximum atomic E-state index is 6.00. The molecule has 2 bridgehead atoms. The standard InChI is InChI=1S/C16H19Cl2N/c1-19-13-6-7-16(19)14(8-9-17)15(10-13)11-2-4-12(18)5-3-11/h2-5,8-9,13-16H,6-7,10H2,1H3/b9-8-/t13-,14-,15+,16+/m0/s1. The molecule has 2 heterocycles. The van der Waals surface area contributed by atoms with Gasteiger partial charge >= 0.3 is 0 Å². The Morgan fingerprint density at radius 1 is 1.21 bits per heavy atom. The highest BCUT2D eigenvalue weighted by Gasteiger charge is 2.44. The third-order valence-corrected chi connectivity index (χ3v) is 5.32. The molecule has 1 aromatic carbocycles. The second-order valence-corrected chi connectivity index (χ2v) is 6.44. The van der Waals surface area contributed by atoms with Crippen LogP contribution in [0.3, 0.4) is 0 Å². The van der Waals surface area contributed by atoms with Gasteiger partial charge in [0.2, 0.25) is 0 Å². The van der Waals surface area contributed by atoms with Crippen molar-refractivity contribution in [2.24, 2.45) is 5.92 Å². The maximum absolute atomic E-state index is 6.00. The molecule has 0 spiro atoms. The van der Waals surface area contributed by atoms with E-state index in [2.05, 4.69) is 30.2 Å². The predicted molar refractivity (Wildman–Crippen MR) is 81.9 cm³/mol. The summed E-state index contributed by atoms with van der Waals surface area (Å²) in [4.78, 5) is 2.55. The van der Waals surface area contributed by atoms with Crippen molar-refractivity contribution in [3.8, 4) is 0 Å². The average molecular weight is 296 g/mol. The Hall–Kier alpha value is -0.500. The minimum absolute atomic E-state index is 0.516. The summed E-state index contributed by atoms with van der Waals surface area (Å²) < 4.78 is 0. The third kappa shape index (κ3) is 2.44. The van der Waals surface area contributed by atoms with Gasteiger partial charge in [0.25, 0.3) is 0 Å². The molecule has 2 saturated heterocycles. The molecule has 0 radical (unpaired) electrons. The zero-order valence-electron chi connectivity index (χ0n) is 11.1. The van der Waals surface area contributed by atoms with Crippen molar-refractivity contribution in [3.05, 3.63) is 46.5 Å². The lowest BCUT2D eigenvalue weighted by Crippen LogP contribution is -2.44.